The number of aromatic nitrogens is 2. The summed E-state index contributed by atoms with van der Waals surface area (Å²) in [5.41, 5.74) is -1.73. The molecule has 1 aromatic carbocycles. The summed E-state index contributed by atoms with van der Waals surface area (Å²) in [6, 6.07) is 1.94. The fourth-order valence-electron chi connectivity index (χ4n) is 1.49. The molecule has 0 radical (unpaired) electrons. The van der Waals surface area contributed by atoms with Gasteiger partial charge in [0.25, 0.3) is 0 Å². The van der Waals surface area contributed by atoms with Gasteiger partial charge in [-0.2, -0.15) is 26.3 Å². The van der Waals surface area contributed by atoms with Gasteiger partial charge in [-0.05, 0) is 18.2 Å². The first-order valence-corrected chi connectivity index (χ1v) is 4.76. The minimum atomic E-state index is -5.13. The van der Waals surface area contributed by atoms with Crippen LogP contribution in [-0.4, -0.2) is 21.6 Å². The van der Waals surface area contributed by atoms with Crippen LogP contribution >= 0.6 is 0 Å². The highest BCUT2D eigenvalue weighted by Crippen LogP contribution is 2.31. The summed E-state index contributed by atoms with van der Waals surface area (Å²) in [5, 5.41) is 0. The highest BCUT2D eigenvalue weighted by molar-refractivity contribution is 5.93. The average Bonchev–Trinajstić information content (AvgIpc) is 2.67. The molecule has 0 fully saturated rings. The molecule has 0 spiro atoms. The van der Waals surface area contributed by atoms with E-state index in [2.05, 4.69) is 4.98 Å². The van der Waals surface area contributed by atoms with Crippen molar-refractivity contribution in [2.45, 2.75) is 12.4 Å². The van der Waals surface area contributed by atoms with Crippen LogP contribution in [0, 0.1) is 0 Å². The van der Waals surface area contributed by atoms with Gasteiger partial charge in [0.1, 0.15) is 6.33 Å². The van der Waals surface area contributed by atoms with Gasteiger partial charge in [0.05, 0.1) is 16.6 Å². The van der Waals surface area contributed by atoms with E-state index in [-0.39, 0.29) is 15.6 Å². The topological polar surface area (TPSA) is 34.9 Å². The van der Waals surface area contributed by atoms with Crippen molar-refractivity contribution in [3.05, 3.63) is 30.1 Å². The van der Waals surface area contributed by atoms with Crippen LogP contribution in [0.3, 0.4) is 0 Å². The summed E-state index contributed by atoms with van der Waals surface area (Å²) >= 11 is 0. The van der Waals surface area contributed by atoms with E-state index in [0.29, 0.717) is 18.5 Å². The van der Waals surface area contributed by atoms with Crippen molar-refractivity contribution in [3.8, 4) is 0 Å². The normalized spacial score (nSPS) is 12.9. The highest BCUT2D eigenvalue weighted by Gasteiger charge is 2.41. The van der Waals surface area contributed by atoms with Crippen molar-refractivity contribution >= 4 is 16.9 Å². The van der Waals surface area contributed by atoms with Crippen LogP contribution in [0.2, 0.25) is 0 Å². The van der Waals surface area contributed by atoms with E-state index in [1.807, 2.05) is 0 Å². The molecule has 0 bridgehead atoms. The number of hydrogen-bond donors (Lipinski definition) is 0. The smallest absolute Gasteiger partial charge is 0.264 e. The third-order valence-corrected chi connectivity index (χ3v) is 2.34. The molecule has 3 nitrogen and oxygen atoms in total. The Balaban J connectivity index is 2.55. The molecule has 1 heterocycles. The molecule has 2 rings (SSSR count). The molecule has 0 N–H and O–H groups in total. The van der Waals surface area contributed by atoms with Gasteiger partial charge >= 0.3 is 18.3 Å². The molecule has 0 unspecified atom stereocenters. The second-order valence-corrected chi connectivity index (χ2v) is 3.62. The molecule has 9 heteroatoms. The lowest BCUT2D eigenvalue weighted by molar-refractivity contribution is -0.137. The fourth-order valence-corrected chi connectivity index (χ4v) is 1.49. The van der Waals surface area contributed by atoms with Gasteiger partial charge in [0.2, 0.25) is 0 Å². The van der Waals surface area contributed by atoms with Crippen LogP contribution in [0.4, 0.5) is 26.3 Å². The lowest BCUT2D eigenvalue weighted by Crippen LogP contribution is -2.28. The fraction of sp³-hybridized carbons (Fsp3) is 0.200. The number of hydrogen-bond acceptors (Lipinski definition) is 2. The number of benzene rings is 1. The SMILES string of the molecule is O=C(n1cnc2cc(C(F)(F)F)ccc21)C(F)(F)F. The third-order valence-electron chi connectivity index (χ3n) is 2.34. The van der Waals surface area contributed by atoms with Crippen LogP contribution < -0.4 is 0 Å². The Morgan fingerprint density at radius 2 is 1.74 bits per heavy atom. The van der Waals surface area contributed by atoms with E-state index in [0.717, 1.165) is 6.07 Å². The van der Waals surface area contributed by atoms with Gasteiger partial charge in [-0.1, -0.05) is 0 Å². The van der Waals surface area contributed by atoms with Gasteiger partial charge in [0.15, 0.2) is 0 Å². The predicted molar refractivity (Wildman–Crippen MR) is 51.4 cm³/mol. The highest BCUT2D eigenvalue weighted by atomic mass is 19.4. The standard InChI is InChI=1S/C10H4F6N2O/c11-9(12,13)5-1-2-7-6(3-5)17-4-18(7)8(19)10(14,15)16/h1-4H. The maximum absolute atomic E-state index is 12.4. The molecule has 0 saturated carbocycles. The Kier molecular flexibility index (Phi) is 2.79. The minimum absolute atomic E-state index is 0.162. The molecule has 19 heavy (non-hydrogen) atoms. The zero-order valence-corrected chi connectivity index (χ0v) is 8.88. The molecule has 2 aromatic rings. The van der Waals surface area contributed by atoms with Crippen molar-refractivity contribution in [2.24, 2.45) is 0 Å². The third kappa shape index (κ3) is 2.40. The van der Waals surface area contributed by atoms with Crippen LogP contribution in [0.15, 0.2) is 24.5 Å². The molecular formula is C10H4F6N2O. The Labute approximate surface area is 101 Å². The quantitative estimate of drug-likeness (QED) is 0.695. The van der Waals surface area contributed by atoms with Crippen LogP contribution in [-0.2, 0) is 6.18 Å². The second kappa shape index (κ2) is 3.97. The van der Waals surface area contributed by atoms with Gasteiger partial charge in [0, 0.05) is 0 Å². The van der Waals surface area contributed by atoms with Gasteiger partial charge in [-0.3, -0.25) is 9.36 Å². The van der Waals surface area contributed by atoms with E-state index in [1.165, 1.54) is 0 Å². The summed E-state index contributed by atoms with van der Waals surface area (Å²) in [4.78, 5) is 14.4. The number of carbonyl (C=O) groups is 1. The number of imidazole rings is 1. The molecule has 0 atom stereocenters. The zero-order valence-electron chi connectivity index (χ0n) is 8.88. The van der Waals surface area contributed by atoms with Crippen molar-refractivity contribution in [3.63, 3.8) is 0 Å². The largest absolute Gasteiger partial charge is 0.472 e. The number of fused-ring (bicyclic) bond motifs is 1. The molecule has 0 aliphatic heterocycles. The van der Waals surface area contributed by atoms with Gasteiger partial charge < -0.3 is 0 Å². The molecule has 0 saturated heterocycles. The summed E-state index contributed by atoms with van der Waals surface area (Å²) in [7, 11) is 0. The maximum atomic E-state index is 12.4. The molecular weight excluding hydrogens is 278 g/mol. The minimum Gasteiger partial charge on any atom is -0.264 e. The number of carbonyl (C=O) groups excluding carboxylic acids is 1. The zero-order chi connectivity index (χ0) is 14.4. The van der Waals surface area contributed by atoms with E-state index < -0.39 is 23.8 Å². The monoisotopic (exact) mass is 282 g/mol. The van der Waals surface area contributed by atoms with Crippen molar-refractivity contribution in [1.29, 1.82) is 0 Å². The predicted octanol–water partition coefficient (Wildman–Crippen LogP) is 3.26. The molecule has 0 aliphatic carbocycles. The summed E-state index contributed by atoms with van der Waals surface area (Å²) in [5.74, 6) is -2.21. The number of halogens is 6. The summed E-state index contributed by atoms with van der Waals surface area (Å²) in [6.07, 6.45) is -9.22. The maximum Gasteiger partial charge on any atom is 0.472 e. The van der Waals surface area contributed by atoms with Crippen LogP contribution in [0.5, 0.6) is 0 Å². The average molecular weight is 282 g/mol. The van der Waals surface area contributed by atoms with Gasteiger partial charge in [-0.25, -0.2) is 4.98 Å². The first-order valence-electron chi connectivity index (χ1n) is 4.76. The molecule has 102 valence electrons. The number of nitrogens with zero attached hydrogens (tertiary/aromatic N) is 2. The Bertz CT molecular complexity index is 639. The lowest BCUT2D eigenvalue weighted by atomic mass is 10.2. The van der Waals surface area contributed by atoms with E-state index in [4.69, 9.17) is 0 Å². The summed E-state index contributed by atoms with van der Waals surface area (Å²) < 4.78 is 74.0. The van der Waals surface area contributed by atoms with Crippen molar-refractivity contribution in [2.75, 3.05) is 0 Å². The van der Waals surface area contributed by atoms with Crippen molar-refractivity contribution < 1.29 is 31.1 Å². The second-order valence-electron chi connectivity index (χ2n) is 3.62. The molecule has 0 amide bonds. The molecule has 0 aliphatic rings. The van der Waals surface area contributed by atoms with Crippen molar-refractivity contribution in [1.82, 2.24) is 9.55 Å². The Morgan fingerprint density at radius 1 is 1.11 bits per heavy atom. The number of alkyl halides is 6. The molecule has 1 aromatic heterocycles. The lowest BCUT2D eigenvalue weighted by Gasteiger charge is -2.08. The van der Waals surface area contributed by atoms with E-state index in [9.17, 15) is 31.1 Å². The first kappa shape index (κ1) is 13.4. The van der Waals surface area contributed by atoms with E-state index >= 15 is 0 Å². The van der Waals surface area contributed by atoms with Gasteiger partial charge in [-0.15, -0.1) is 0 Å². The number of rotatable bonds is 0. The summed E-state index contributed by atoms with van der Waals surface area (Å²) in [6.45, 7) is 0. The van der Waals surface area contributed by atoms with Crippen LogP contribution in [0.25, 0.3) is 11.0 Å². The van der Waals surface area contributed by atoms with Crippen LogP contribution in [0.1, 0.15) is 10.4 Å². The first-order chi connectivity index (χ1) is 8.60. The van der Waals surface area contributed by atoms with E-state index in [1.54, 1.807) is 0 Å². The Hall–Kier alpha value is -2.06. The Morgan fingerprint density at radius 3 is 2.26 bits per heavy atom.